The van der Waals surface area contributed by atoms with Gasteiger partial charge >= 0.3 is 0 Å². The van der Waals surface area contributed by atoms with Crippen molar-refractivity contribution < 1.29 is 17.9 Å². The van der Waals surface area contributed by atoms with Gasteiger partial charge in [0.05, 0.1) is 12.8 Å². The fraction of sp³-hybridized carbons (Fsp3) is 0.412. The van der Waals surface area contributed by atoms with Crippen molar-refractivity contribution in [2.75, 3.05) is 12.4 Å². The number of aliphatic imine (C=N–C) groups is 1. The number of aryl methyl sites for hydroxylation is 1. The third-order valence-corrected chi connectivity index (χ3v) is 5.89. The van der Waals surface area contributed by atoms with Gasteiger partial charge in [-0.25, -0.2) is 18.2 Å². The van der Waals surface area contributed by atoms with Crippen LogP contribution in [-0.4, -0.2) is 27.3 Å². The minimum absolute atomic E-state index is 0.0160. The molecule has 0 aliphatic carbocycles. The van der Waals surface area contributed by atoms with Crippen molar-refractivity contribution in [3.63, 3.8) is 0 Å². The van der Waals surface area contributed by atoms with Crippen LogP contribution in [0.25, 0.3) is 0 Å². The van der Waals surface area contributed by atoms with E-state index < -0.39 is 29.1 Å². The van der Waals surface area contributed by atoms with Gasteiger partial charge in [0.2, 0.25) is 0 Å². The minimum atomic E-state index is -1.05. The SMILES string of the molecule is Cn1cc(F)c(C2CC3CSC(N)=NC3(c3ccc(F)cc3F)CO2)n1. The highest BCUT2D eigenvalue weighted by atomic mass is 32.2. The Morgan fingerprint density at radius 2 is 2.12 bits per heavy atom. The van der Waals surface area contributed by atoms with Gasteiger partial charge in [-0.05, 0) is 12.5 Å². The Kier molecular flexibility index (Phi) is 4.23. The maximum absolute atomic E-state index is 14.5. The molecule has 2 aliphatic rings. The van der Waals surface area contributed by atoms with E-state index in [1.807, 2.05) is 0 Å². The normalized spacial score (nSPS) is 28.5. The minimum Gasteiger partial charge on any atom is -0.379 e. The Bertz CT molecular complexity index is 887. The summed E-state index contributed by atoms with van der Waals surface area (Å²) in [6.07, 6.45) is 1.15. The molecule has 3 unspecified atom stereocenters. The Morgan fingerprint density at radius 3 is 2.81 bits per heavy atom. The largest absolute Gasteiger partial charge is 0.379 e. The Labute approximate surface area is 152 Å². The van der Waals surface area contributed by atoms with Gasteiger partial charge in [-0.15, -0.1) is 0 Å². The van der Waals surface area contributed by atoms with Gasteiger partial charge in [-0.1, -0.05) is 17.8 Å². The lowest BCUT2D eigenvalue weighted by atomic mass is 9.74. The van der Waals surface area contributed by atoms with Crippen molar-refractivity contribution in [2.24, 2.45) is 23.7 Å². The fourth-order valence-electron chi connectivity index (χ4n) is 3.70. The van der Waals surface area contributed by atoms with Gasteiger partial charge in [0.25, 0.3) is 0 Å². The third-order valence-electron chi connectivity index (χ3n) is 4.93. The molecule has 1 fully saturated rings. The molecule has 3 heterocycles. The lowest BCUT2D eigenvalue weighted by Gasteiger charge is -2.46. The van der Waals surface area contributed by atoms with Gasteiger partial charge < -0.3 is 10.5 Å². The molecule has 138 valence electrons. The first-order valence-corrected chi connectivity index (χ1v) is 9.12. The van der Waals surface area contributed by atoms with Crippen molar-refractivity contribution in [3.05, 3.63) is 53.1 Å². The Balaban J connectivity index is 1.73. The number of fused-ring (bicyclic) bond motifs is 1. The van der Waals surface area contributed by atoms with Crippen molar-refractivity contribution in [1.29, 1.82) is 0 Å². The number of amidine groups is 1. The summed E-state index contributed by atoms with van der Waals surface area (Å²) in [5, 5.41) is 4.47. The van der Waals surface area contributed by atoms with E-state index in [-0.39, 0.29) is 23.8 Å². The highest BCUT2D eigenvalue weighted by Gasteiger charge is 2.50. The predicted molar refractivity (Wildman–Crippen MR) is 92.1 cm³/mol. The molecule has 0 bridgehead atoms. The maximum Gasteiger partial charge on any atom is 0.166 e. The molecule has 2 aliphatic heterocycles. The Morgan fingerprint density at radius 1 is 1.31 bits per heavy atom. The van der Waals surface area contributed by atoms with Crippen LogP contribution in [0.15, 0.2) is 29.4 Å². The zero-order valence-corrected chi connectivity index (χ0v) is 14.8. The smallest absolute Gasteiger partial charge is 0.166 e. The average Bonchev–Trinajstić information content (AvgIpc) is 2.92. The molecule has 0 radical (unpaired) electrons. The second-order valence-electron chi connectivity index (χ2n) is 6.58. The molecule has 1 aromatic carbocycles. The highest BCUT2D eigenvalue weighted by molar-refractivity contribution is 8.13. The summed E-state index contributed by atoms with van der Waals surface area (Å²) in [5.74, 6) is -1.36. The van der Waals surface area contributed by atoms with Crippen LogP contribution < -0.4 is 5.73 Å². The summed E-state index contributed by atoms with van der Waals surface area (Å²) in [7, 11) is 1.63. The second-order valence-corrected chi connectivity index (χ2v) is 7.62. The van der Waals surface area contributed by atoms with Crippen molar-refractivity contribution in [3.8, 4) is 0 Å². The average molecular weight is 382 g/mol. The zero-order valence-electron chi connectivity index (χ0n) is 14.0. The molecule has 0 spiro atoms. The number of benzene rings is 1. The summed E-state index contributed by atoms with van der Waals surface area (Å²) in [6, 6.07) is 3.41. The van der Waals surface area contributed by atoms with Crippen LogP contribution in [0.4, 0.5) is 13.2 Å². The second kappa shape index (κ2) is 6.31. The molecular weight excluding hydrogens is 365 g/mol. The molecule has 1 saturated heterocycles. The third kappa shape index (κ3) is 2.79. The van der Waals surface area contributed by atoms with Crippen molar-refractivity contribution in [2.45, 2.75) is 18.1 Å². The lowest BCUT2D eigenvalue weighted by molar-refractivity contribution is -0.0621. The summed E-state index contributed by atoms with van der Waals surface area (Å²) in [4.78, 5) is 4.50. The molecule has 1 aromatic heterocycles. The van der Waals surface area contributed by atoms with Gasteiger partial charge in [0, 0.05) is 30.3 Å². The van der Waals surface area contributed by atoms with Gasteiger partial charge in [-0.3, -0.25) is 4.68 Å². The van der Waals surface area contributed by atoms with E-state index in [0.717, 1.165) is 6.07 Å². The van der Waals surface area contributed by atoms with Crippen molar-refractivity contribution in [1.82, 2.24) is 9.78 Å². The van der Waals surface area contributed by atoms with E-state index in [4.69, 9.17) is 10.5 Å². The van der Waals surface area contributed by atoms with Crippen molar-refractivity contribution >= 4 is 16.9 Å². The lowest BCUT2D eigenvalue weighted by Crippen LogP contribution is -2.48. The topological polar surface area (TPSA) is 65.4 Å². The first kappa shape index (κ1) is 17.4. The number of hydrogen-bond acceptors (Lipinski definition) is 5. The van der Waals surface area contributed by atoms with E-state index >= 15 is 0 Å². The highest BCUT2D eigenvalue weighted by Crippen LogP contribution is 2.49. The zero-order chi connectivity index (χ0) is 18.5. The standard InChI is InChI=1S/C17H17F3N4OS/c1-24-6-13(20)15(23-24)14-4-9-7-26-16(21)22-17(9,8-25-14)11-3-2-10(18)5-12(11)19/h2-3,5-6,9,14H,4,7-8H2,1H3,(H2,21,22). The van der Waals surface area contributed by atoms with Crippen LogP contribution in [0, 0.1) is 23.4 Å². The van der Waals surface area contributed by atoms with E-state index in [1.165, 1.54) is 34.8 Å². The van der Waals surface area contributed by atoms with E-state index in [0.29, 0.717) is 17.3 Å². The summed E-state index contributed by atoms with van der Waals surface area (Å²) < 4.78 is 49.2. The number of thioether (sulfide) groups is 1. The molecule has 9 heteroatoms. The molecule has 0 saturated carbocycles. The number of aromatic nitrogens is 2. The van der Waals surface area contributed by atoms with Gasteiger partial charge in [0.15, 0.2) is 11.0 Å². The molecule has 3 atom stereocenters. The summed E-state index contributed by atoms with van der Waals surface area (Å²) in [5.41, 5.74) is 5.33. The number of ether oxygens (including phenoxy) is 1. The quantitative estimate of drug-likeness (QED) is 0.868. The van der Waals surface area contributed by atoms with Crippen LogP contribution in [0.1, 0.15) is 23.8 Å². The molecule has 26 heavy (non-hydrogen) atoms. The number of nitrogens with two attached hydrogens (primary N) is 1. The number of rotatable bonds is 2. The number of nitrogens with zero attached hydrogens (tertiary/aromatic N) is 3. The first-order chi connectivity index (χ1) is 12.4. The van der Waals surface area contributed by atoms with Crippen LogP contribution in [0.3, 0.4) is 0 Å². The van der Waals surface area contributed by atoms with E-state index in [9.17, 15) is 13.2 Å². The monoisotopic (exact) mass is 382 g/mol. The predicted octanol–water partition coefficient (Wildman–Crippen LogP) is 2.87. The molecular formula is C17H17F3N4OS. The van der Waals surface area contributed by atoms with Gasteiger partial charge in [0.1, 0.15) is 29.0 Å². The van der Waals surface area contributed by atoms with E-state index in [2.05, 4.69) is 10.1 Å². The van der Waals surface area contributed by atoms with Gasteiger partial charge in [-0.2, -0.15) is 5.10 Å². The molecule has 2 N–H and O–H groups in total. The molecule has 2 aromatic rings. The summed E-state index contributed by atoms with van der Waals surface area (Å²) in [6.45, 7) is 0.0160. The van der Waals surface area contributed by atoms with Crippen LogP contribution in [-0.2, 0) is 17.3 Å². The fourth-order valence-corrected chi connectivity index (χ4v) is 4.71. The first-order valence-electron chi connectivity index (χ1n) is 8.13. The molecule has 5 nitrogen and oxygen atoms in total. The summed E-state index contributed by atoms with van der Waals surface area (Å²) >= 11 is 1.37. The maximum atomic E-state index is 14.5. The Hall–Kier alpha value is -2.00. The number of hydrogen-bond donors (Lipinski definition) is 1. The van der Waals surface area contributed by atoms with E-state index in [1.54, 1.807) is 7.05 Å². The molecule has 0 amide bonds. The number of halogens is 3. The molecule has 4 rings (SSSR count). The van der Waals surface area contributed by atoms with Crippen LogP contribution >= 0.6 is 11.8 Å². The van der Waals surface area contributed by atoms with Crippen LogP contribution in [0.2, 0.25) is 0 Å². The van der Waals surface area contributed by atoms with Crippen LogP contribution in [0.5, 0.6) is 0 Å².